The van der Waals surface area contributed by atoms with Gasteiger partial charge in [0.1, 0.15) is 42.9 Å². The first-order chi connectivity index (χ1) is 32.5. The number of carbonyl (C=O) groups excluding carboxylic acids is 5. The van der Waals surface area contributed by atoms with Crippen LogP contribution in [0.3, 0.4) is 0 Å². The van der Waals surface area contributed by atoms with Crippen LogP contribution in [0.1, 0.15) is 59.6 Å². The van der Waals surface area contributed by atoms with Crippen molar-refractivity contribution in [2.75, 3.05) is 33.9 Å². The van der Waals surface area contributed by atoms with Gasteiger partial charge in [0.05, 0.1) is 35.4 Å². The second-order valence-corrected chi connectivity index (χ2v) is 16.7. The molecular weight excluding hydrogens is 878 g/mol. The SMILES string of the molecule is C=CCOC(=O)N(C)[C@@H](CC(C)C)C(=O)N(C)[C@H](Cc1ccccc1)C(=O)N[C@@H](COc1cnc2ccc(F)cc2c1C(=O)N[C@@H](CC(=O)O)C(=O)NCCc1cc(C)no1)Cc1ccccc1. The summed E-state index contributed by atoms with van der Waals surface area (Å²) in [5, 5.41) is 21.7. The number of hydrogen-bond donors (Lipinski definition) is 4. The number of likely N-dealkylation sites (N-methyl/N-ethyl adjacent to an activating group) is 2. The number of halogens is 1. The minimum atomic E-state index is -1.56. The van der Waals surface area contributed by atoms with Crippen molar-refractivity contribution in [1.82, 2.24) is 35.9 Å². The number of aliphatic carboxylic acids is 1. The monoisotopic (exact) mass is 935 g/mol. The zero-order valence-corrected chi connectivity index (χ0v) is 38.8. The van der Waals surface area contributed by atoms with Crippen LogP contribution in [0.25, 0.3) is 10.9 Å². The average molecular weight is 936 g/mol. The molecule has 0 spiro atoms. The molecule has 0 saturated heterocycles. The Labute approximate surface area is 394 Å². The molecule has 0 aliphatic heterocycles. The molecule has 2 heterocycles. The fourth-order valence-corrected chi connectivity index (χ4v) is 7.47. The Hall–Kier alpha value is -7.63. The van der Waals surface area contributed by atoms with Crippen LogP contribution >= 0.6 is 0 Å². The summed E-state index contributed by atoms with van der Waals surface area (Å²) in [6.45, 7) is 8.85. The van der Waals surface area contributed by atoms with Gasteiger partial charge >= 0.3 is 12.1 Å². The van der Waals surface area contributed by atoms with Crippen LogP contribution in [-0.2, 0) is 43.2 Å². The average Bonchev–Trinajstić information content (AvgIpc) is 3.74. The Kier molecular flexibility index (Phi) is 18.7. The molecule has 4 N–H and O–H groups in total. The number of benzene rings is 3. The first-order valence-electron chi connectivity index (χ1n) is 22.1. The lowest BCUT2D eigenvalue weighted by Gasteiger charge is -2.35. The van der Waals surface area contributed by atoms with Gasteiger partial charge in [-0.2, -0.15) is 0 Å². The van der Waals surface area contributed by atoms with Crippen molar-refractivity contribution in [2.24, 2.45) is 5.92 Å². The van der Waals surface area contributed by atoms with Crippen LogP contribution in [0.2, 0.25) is 0 Å². The molecule has 5 rings (SSSR count). The van der Waals surface area contributed by atoms with Gasteiger partial charge in [0.15, 0.2) is 5.75 Å². The van der Waals surface area contributed by atoms with Crippen LogP contribution in [0.5, 0.6) is 5.75 Å². The summed E-state index contributed by atoms with van der Waals surface area (Å²) in [7, 11) is 2.98. The predicted octanol–water partition coefficient (Wildman–Crippen LogP) is 5.45. The van der Waals surface area contributed by atoms with Crippen LogP contribution in [0, 0.1) is 18.7 Å². The third kappa shape index (κ3) is 14.7. The number of aromatic nitrogens is 2. The second kappa shape index (κ2) is 24.8. The Morgan fingerprint density at radius 1 is 0.882 bits per heavy atom. The minimum Gasteiger partial charge on any atom is -0.489 e. The highest BCUT2D eigenvalue weighted by Gasteiger charge is 2.37. The summed E-state index contributed by atoms with van der Waals surface area (Å²) in [5.74, 6) is -4.55. The standard InChI is InChI=1S/C50H58FN7O10/c1-7-22-66-50(65)58(6)42(23-31(2)3)49(64)57(5)41(26-34-16-12-9-13-17-34)47(62)54-36(25-33-14-10-8-11-15-33)30-67-43-29-53-39-19-18-35(51)27-38(39)45(43)48(63)55-40(28-44(59)60)46(61)52-21-20-37-24-32(4)56-68-37/h7-19,24,27,29,31,36,40-42H,1,20-23,25-26,28,30H2,2-6H3,(H,52,61)(H,54,62)(H,55,63)(H,59,60)/t36-,40+,41-,42+/m1/s1. The molecule has 0 radical (unpaired) electrons. The first kappa shape index (κ1) is 51.4. The number of hydrogen-bond acceptors (Lipinski definition) is 11. The van der Waals surface area contributed by atoms with E-state index in [-0.39, 0.29) is 73.6 Å². The second-order valence-electron chi connectivity index (χ2n) is 16.7. The highest BCUT2D eigenvalue weighted by atomic mass is 19.1. The molecule has 360 valence electrons. The predicted molar refractivity (Wildman–Crippen MR) is 250 cm³/mol. The van der Waals surface area contributed by atoms with Gasteiger partial charge in [0, 0.05) is 44.9 Å². The summed E-state index contributed by atoms with van der Waals surface area (Å²) >= 11 is 0. The summed E-state index contributed by atoms with van der Waals surface area (Å²) in [6.07, 6.45) is 1.99. The van der Waals surface area contributed by atoms with Crippen LogP contribution in [0.4, 0.5) is 9.18 Å². The normalized spacial score (nSPS) is 12.8. The molecule has 17 nitrogen and oxygen atoms in total. The molecule has 68 heavy (non-hydrogen) atoms. The van der Waals surface area contributed by atoms with E-state index in [1.54, 1.807) is 13.0 Å². The topological polar surface area (TPSA) is 223 Å². The van der Waals surface area contributed by atoms with E-state index < -0.39 is 72.1 Å². The van der Waals surface area contributed by atoms with Gasteiger partial charge in [0.25, 0.3) is 5.91 Å². The molecule has 2 aromatic heterocycles. The van der Waals surface area contributed by atoms with E-state index >= 15 is 0 Å². The Balaban J connectivity index is 1.45. The lowest BCUT2D eigenvalue weighted by atomic mass is 9.98. The maximum atomic E-state index is 14.9. The lowest BCUT2D eigenvalue weighted by molar-refractivity contribution is -0.143. The summed E-state index contributed by atoms with van der Waals surface area (Å²) < 4.78 is 31.7. The molecule has 5 amide bonds. The van der Waals surface area contributed by atoms with Crippen molar-refractivity contribution in [1.29, 1.82) is 0 Å². The number of nitrogens with one attached hydrogen (secondary N) is 3. The van der Waals surface area contributed by atoms with Crippen molar-refractivity contribution in [3.05, 3.63) is 138 Å². The van der Waals surface area contributed by atoms with Gasteiger partial charge in [0.2, 0.25) is 17.7 Å². The van der Waals surface area contributed by atoms with Gasteiger partial charge in [-0.15, -0.1) is 0 Å². The zero-order valence-electron chi connectivity index (χ0n) is 38.8. The zero-order chi connectivity index (χ0) is 49.3. The van der Waals surface area contributed by atoms with Crippen molar-refractivity contribution in [2.45, 2.75) is 77.0 Å². The number of rotatable bonds is 24. The number of carboxylic acid groups (broad SMARTS) is 1. The summed E-state index contributed by atoms with van der Waals surface area (Å²) in [6, 6.07) is 19.1. The number of carbonyl (C=O) groups is 6. The third-order valence-electron chi connectivity index (χ3n) is 10.9. The molecular formula is C50H58FN7O10. The van der Waals surface area contributed by atoms with E-state index in [2.05, 4.69) is 32.7 Å². The molecule has 0 saturated carbocycles. The maximum Gasteiger partial charge on any atom is 0.410 e. The van der Waals surface area contributed by atoms with Gasteiger partial charge in [-0.3, -0.25) is 33.9 Å². The Bertz CT molecular complexity index is 2540. The minimum absolute atomic E-state index is 0.0103. The van der Waals surface area contributed by atoms with E-state index in [0.29, 0.717) is 11.5 Å². The third-order valence-corrected chi connectivity index (χ3v) is 10.9. The number of nitrogens with zero attached hydrogens (tertiary/aromatic N) is 4. The quantitative estimate of drug-likeness (QED) is 0.0568. The van der Waals surface area contributed by atoms with E-state index in [1.165, 1.54) is 42.2 Å². The van der Waals surface area contributed by atoms with Gasteiger partial charge in [-0.25, -0.2) is 9.18 Å². The molecule has 0 aliphatic rings. The van der Waals surface area contributed by atoms with E-state index in [4.69, 9.17) is 14.0 Å². The van der Waals surface area contributed by atoms with E-state index in [9.17, 15) is 38.3 Å². The van der Waals surface area contributed by atoms with Crippen LogP contribution < -0.4 is 20.7 Å². The van der Waals surface area contributed by atoms with Crippen molar-refractivity contribution in [3.8, 4) is 5.75 Å². The molecule has 18 heteroatoms. The number of ether oxygens (including phenoxy) is 2. The molecule has 0 bridgehead atoms. The Morgan fingerprint density at radius 3 is 2.18 bits per heavy atom. The molecule has 0 fully saturated rings. The molecule has 3 aromatic carbocycles. The van der Waals surface area contributed by atoms with E-state index in [0.717, 1.165) is 23.3 Å². The number of aryl methyl sites for hydroxylation is 1. The number of pyridine rings is 1. The van der Waals surface area contributed by atoms with Crippen molar-refractivity contribution in [3.63, 3.8) is 0 Å². The van der Waals surface area contributed by atoms with Gasteiger partial charge < -0.3 is 40.0 Å². The first-order valence-corrected chi connectivity index (χ1v) is 22.1. The van der Waals surface area contributed by atoms with Crippen LogP contribution in [0.15, 0.2) is 108 Å². The molecule has 0 aliphatic carbocycles. The van der Waals surface area contributed by atoms with Gasteiger partial charge in [-0.1, -0.05) is 92.3 Å². The summed E-state index contributed by atoms with van der Waals surface area (Å²) in [4.78, 5) is 88.7. The highest BCUT2D eigenvalue weighted by molar-refractivity contribution is 6.09. The molecule has 5 aromatic rings. The van der Waals surface area contributed by atoms with Gasteiger partial charge in [-0.05, 0) is 55.0 Å². The molecule has 4 atom stereocenters. The van der Waals surface area contributed by atoms with Crippen molar-refractivity contribution >= 4 is 46.6 Å². The lowest BCUT2D eigenvalue weighted by Crippen LogP contribution is -2.57. The number of carboxylic acids is 1. The maximum absolute atomic E-state index is 14.9. The number of amides is 5. The fourth-order valence-electron chi connectivity index (χ4n) is 7.47. The summed E-state index contributed by atoms with van der Waals surface area (Å²) in [5.41, 5.74) is 2.17. The highest BCUT2D eigenvalue weighted by Crippen LogP contribution is 2.28. The molecule has 0 unspecified atom stereocenters. The fraction of sp³-hybridized carbons (Fsp3) is 0.360. The van der Waals surface area contributed by atoms with E-state index in [1.807, 2.05) is 74.5 Å². The number of fused-ring (bicyclic) bond motifs is 1. The largest absolute Gasteiger partial charge is 0.489 e. The van der Waals surface area contributed by atoms with Crippen molar-refractivity contribution < 1.29 is 52.3 Å². The smallest absolute Gasteiger partial charge is 0.410 e. The Morgan fingerprint density at radius 2 is 1.56 bits per heavy atom. The van der Waals surface area contributed by atoms with Crippen LogP contribution in [-0.4, -0.2) is 119 Å².